The van der Waals surface area contributed by atoms with Gasteiger partial charge < -0.3 is 9.30 Å². The average Bonchev–Trinajstić information content (AvgIpc) is 3.01. The summed E-state index contributed by atoms with van der Waals surface area (Å²) in [4.78, 5) is 4.85. The average molecular weight is 358 g/mol. The van der Waals surface area contributed by atoms with Crippen LogP contribution in [0.4, 0.5) is 0 Å². The summed E-state index contributed by atoms with van der Waals surface area (Å²) in [5.41, 5.74) is 2.31. The van der Waals surface area contributed by atoms with Gasteiger partial charge in [-0.15, -0.1) is 0 Å². The molecule has 4 aromatic rings. The second-order valence-corrected chi connectivity index (χ2v) is 7.48. The number of aryl methyl sites for hydroxylation is 1. The summed E-state index contributed by atoms with van der Waals surface area (Å²) in [7, 11) is 0. The first-order valence-electron chi connectivity index (χ1n) is 9.76. The molecule has 0 saturated carbocycles. The lowest BCUT2D eigenvalue weighted by molar-refractivity contribution is 0.302. The van der Waals surface area contributed by atoms with Gasteiger partial charge in [-0.25, -0.2) is 4.98 Å². The van der Waals surface area contributed by atoms with E-state index in [-0.39, 0.29) is 0 Å². The fourth-order valence-electron chi connectivity index (χ4n) is 3.57. The van der Waals surface area contributed by atoms with Crippen LogP contribution < -0.4 is 4.74 Å². The summed E-state index contributed by atoms with van der Waals surface area (Å²) in [5.74, 6) is 2.71. The number of imidazole rings is 1. The van der Waals surface area contributed by atoms with Crippen LogP contribution in [0.25, 0.3) is 21.8 Å². The second kappa shape index (κ2) is 7.83. The molecule has 0 aliphatic carbocycles. The molecule has 1 aromatic heterocycles. The minimum absolute atomic E-state index is 0.592. The van der Waals surface area contributed by atoms with Gasteiger partial charge in [0.1, 0.15) is 11.6 Å². The molecule has 0 aliphatic heterocycles. The third kappa shape index (κ3) is 3.97. The molecule has 0 aliphatic rings. The van der Waals surface area contributed by atoms with E-state index in [4.69, 9.17) is 9.72 Å². The van der Waals surface area contributed by atoms with Crippen LogP contribution >= 0.6 is 0 Å². The van der Waals surface area contributed by atoms with Crippen LogP contribution in [0.3, 0.4) is 0 Å². The number of rotatable bonds is 7. The first-order valence-corrected chi connectivity index (χ1v) is 9.76. The Balaban J connectivity index is 1.43. The summed E-state index contributed by atoms with van der Waals surface area (Å²) < 4.78 is 8.37. The normalized spacial score (nSPS) is 11.5. The van der Waals surface area contributed by atoms with Crippen molar-refractivity contribution in [1.29, 1.82) is 0 Å². The van der Waals surface area contributed by atoms with Gasteiger partial charge in [-0.05, 0) is 47.4 Å². The van der Waals surface area contributed by atoms with Gasteiger partial charge in [0.15, 0.2) is 0 Å². The predicted molar refractivity (Wildman–Crippen MR) is 112 cm³/mol. The SMILES string of the molecule is CC(C)Cc1nc2ccccc2n1CCCOc1ccc2ccccc2c1. The van der Waals surface area contributed by atoms with Crippen LogP contribution in [0.5, 0.6) is 5.75 Å². The van der Waals surface area contributed by atoms with Crippen LogP contribution in [0.2, 0.25) is 0 Å². The minimum atomic E-state index is 0.592. The molecule has 3 nitrogen and oxygen atoms in total. The molecule has 0 bridgehead atoms. The molecule has 0 saturated heterocycles. The van der Waals surface area contributed by atoms with Gasteiger partial charge >= 0.3 is 0 Å². The zero-order valence-electron chi connectivity index (χ0n) is 16.1. The minimum Gasteiger partial charge on any atom is -0.494 e. The lowest BCUT2D eigenvalue weighted by atomic mass is 10.1. The van der Waals surface area contributed by atoms with Crippen molar-refractivity contribution in [2.75, 3.05) is 6.61 Å². The maximum absolute atomic E-state index is 6.01. The quantitative estimate of drug-likeness (QED) is 0.387. The van der Waals surface area contributed by atoms with Crippen molar-refractivity contribution in [3.05, 3.63) is 72.6 Å². The maximum atomic E-state index is 6.01. The molecule has 0 unspecified atom stereocenters. The fourth-order valence-corrected chi connectivity index (χ4v) is 3.57. The molecule has 1 heterocycles. The van der Waals surface area contributed by atoms with Gasteiger partial charge in [-0.1, -0.05) is 56.3 Å². The summed E-state index contributed by atoms with van der Waals surface area (Å²) in [6.45, 7) is 6.11. The van der Waals surface area contributed by atoms with Crippen molar-refractivity contribution >= 4 is 21.8 Å². The highest BCUT2D eigenvalue weighted by molar-refractivity contribution is 5.83. The molecule has 0 radical (unpaired) electrons. The van der Waals surface area contributed by atoms with Gasteiger partial charge in [0.2, 0.25) is 0 Å². The Morgan fingerprint density at radius 1 is 0.926 bits per heavy atom. The Morgan fingerprint density at radius 3 is 2.56 bits per heavy atom. The second-order valence-electron chi connectivity index (χ2n) is 7.48. The van der Waals surface area contributed by atoms with E-state index in [2.05, 4.69) is 85.1 Å². The Hall–Kier alpha value is -2.81. The topological polar surface area (TPSA) is 27.1 Å². The number of hydrogen-bond donors (Lipinski definition) is 0. The standard InChI is InChI=1S/C24H26N2O/c1-18(2)16-24-25-22-10-5-6-11-23(22)26(24)14-7-15-27-21-13-12-19-8-3-4-9-20(19)17-21/h3-6,8-13,17-18H,7,14-16H2,1-2H3. The molecule has 0 atom stereocenters. The van der Waals surface area contributed by atoms with Crippen LogP contribution in [-0.2, 0) is 13.0 Å². The van der Waals surface area contributed by atoms with E-state index in [0.717, 1.165) is 30.7 Å². The molecule has 3 heteroatoms. The summed E-state index contributed by atoms with van der Waals surface area (Å²) in [6, 6.07) is 23.1. The molecule has 3 aromatic carbocycles. The maximum Gasteiger partial charge on any atom is 0.119 e. The Labute approximate surface area is 160 Å². The van der Waals surface area contributed by atoms with E-state index in [0.29, 0.717) is 12.5 Å². The number of aromatic nitrogens is 2. The molecule has 0 N–H and O–H groups in total. The monoisotopic (exact) mass is 358 g/mol. The molecular formula is C24H26N2O. The summed E-state index contributed by atoms with van der Waals surface area (Å²) in [6.07, 6.45) is 1.96. The summed E-state index contributed by atoms with van der Waals surface area (Å²) in [5, 5.41) is 2.46. The van der Waals surface area contributed by atoms with Crippen LogP contribution in [0.15, 0.2) is 66.7 Å². The molecule has 138 valence electrons. The van der Waals surface area contributed by atoms with E-state index >= 15 is 0 Å². The molecular weight excluding hydrogens is 332 g/mol. The highest BCUT2D eigenvalue weighted by Crippen LogP contribution is 2.22. The van der Waals surface area contributed by atoms with Gasteiger partial charge in [0, 0.05) is 13.0 Å². The first kappa shape index (κ1) is 17.6. The van der Waals surface area contributed by atoms with E-state index in [1.807, 2.05) is 0 Å². The highest BCUT2D eigenvalue weighted by atomic mass is 16.5. The van der Waals surface area contributed by atoms with Gasteiger partial charge in [0.05, 0.1) is 17.6 Å². The lowest BCUT2D eigenvalue weighted by Crippen LogP contribution is -2.09. The zero-order valence-corrected chi connectivity index (χ0v) is 16.1. The third-order valence-electron chi connectivity index (χ3n) is 4.84. The number of para-hydroxylation sites is 2. The molecule has 27 heavy (non-hydrogen) atoms. The van der Waals surface area contributed by atoms with Crippen LogP contribution in [0, 0.1) is 5.92 Å². The van der Waals surface area contributed by atoms with Crippen LogP contribution in [0.1, 0.15) is 26.1 Å². The van der Waals surface area contributed by atoms with Gasteiger partial charge in [-0.3, -0.25) is 0 Å². The van der Waals surface area contributed by atoms with Gasteiger partial charge in [-0.2, -0.15) is 0 Å². The van der Waals surface area contributed by atoms with Crippen molar-refractivity contribution in [3.63, 3.8) is 0 Å². The van der Waals surface area contributed by atoms with Crippen molar-refractivity contribution < 1.29 is 4.74 Å². The molecule has 0 amide bonds. The number of fused-ring (bicyclic) bond motifs is 2. The Bertz CT molecular complexity index is 1050. The fraction of sp³-hybridized carbons (Fsp3) is 0.292. The molecule has 4 rings (SSSR count). The lowest BCUT2D eigenvalue weighted by Gasteiger charge is -2.12. The third-order valence-corrected chi connectivity index (χ3v) is 4.84. The van der Waals surface area contributed by atoms with Crippen molar-refractivity contribution in [2.24, 2.45) is 5.92 Å². The zero-order chi connectivity index (χ0) is 18.6. The number of benzene rings is 3. The number of nitrogens with zero attached hydrogens (tertiary/aromatic N) is 2. The van der Waals surface area contributed by atoms with Crippen molar-refractivity contribution in [3.8, 4) is 5.75 Å². The van der Waals surface area contributed by atoms with Crippen molar-refractivity contribution in [1.82, 2.24) is 9.55 Å². The number of ether oxygens (including phenoxy) is 1. The Kier molecular flexibility index (Phi) is 5.10. The van der Waals surface area contributed by atoms with E-state index in [1.165, 1.54) is 22.1 Å². The number of hydrogen-bond acceptors (Lipinski definition) is 2. The van der Waals surface area contributed by atoms with Crippen molar-refractivity contribution in [2.45, 2.75) is 33.2 Å². The van der Waals surface area contributed by atoms with Gasteiger partial charge in [0.25, 0.3) is 0 Å². The van der Waals surface area contributed by atoms with Crippen LogP contribution in [-0.4, -0.2) is 16.2 Å². The van der Waals surface area contributed by atoms with E-state index in [1.54, 1.807) is 0 Å². The molecule has 0 spiro atoms. The smallest absolute Gasteiger partial charge is 0.119 e. The van der Waals surface area contributed by atoms with E-state index in [9.17, 15) is 0 Å². The largest absolute Gasteiger partial charge is 0.494 e. The summed E-state index contributed by atoms with van der Waals surface area (Å²) >= 11 is 0. The van der Waals surface area contributed by atoms with E-state index < -0.39 is 0 Å². The Morgan fingerprint density at radius 2 is 1.70 bits per heavy atom. The highest BCUT2D eigenvalue weighted by Gasteiger charge is 2.11. The molecule has 0 fully saturated rings. The first-order chi connectivity index (χ1) is 13.2. The predicted octanol–water partition coefficient (Wildman–Crippen LogP) is 5.86.